The number of halogens is 1. The highest BCUT2D eigenvalue weighted by molar-refractivity contribution is 6.30. The first-order valence-electron chi connectivity index (χ1n) is 6.16. The van der Waals surface area contributed by atoms with E-state index >= 15 is 0 Å². The first-order chi connectivity index (χ1) is 8.22. The molecule has 1 N–H and O–H groups in total. The molecule has 2 rings (SSSR count). The van der Waals surface area contributed by atoms with Crippen LogP contribution in [-0.2, 0) is 6.54 Å². The van der Waals surface area contributed by atoms with E-state index in [2.05, 4.69) is 16.8 Å². The Balaban J connectivity index is 2.09. The van der Waals surface area contributed by atoms with Gasteiger partial charge in [-0.3, -0.25) is 4.90 Å². The van der Waals surface area contributed by atoms with E-state index in [0.717, 1.165) is 18.7 Å². The maximum Gasteiger partial charge on any atom is 0.133 e. The number of aliphatic hydroxyl groups excluding tert-OH is 1. The predicted molar refractivity (Wildman–Crippen MR) is 68.9 cm³/mol. The van der Waals surface area contributed by atoms with Gasteiger partial charge in [0.05, 0.1) is 6.61 Å². The molecule has 0 spiro atoms. The maximum absolute atomic E-state index is 9.49. The highest BCUT2D eigenvalue weighted by Gasteiger charge is 2.28. The van der Waals surface area contributed by atoms with Gasteiger partial charge in [-0.05, 0) is 31.4 Å². The van der Waals surface area contributed by atoms with E-state index in [-0.39, 0.29) is 12.6 Å². The second-order valence-electron chi connectivity index (χ2n) is 4.79. The average molecular weight is 255 g/mol. The van der Waals surface area contributed by atoms with Crippen molar-refractivity contribution in [1.29, 1.82) is 0 Å². The second-order valence-corrected chi connectivity index (χ2v) is 5.15. The molecule has 1 fully saturated rings. The van der Waals surface area contributed by atoms with Crippen molar-refractivity contribution in [3.63, 3.8) is 0 Å². The van der Waals surface area contributed by atoms with E-state index in [9.17, 15) is 5.11 Å². The zero-order valence-corrected chi connectivity index (χ0v) is 10.9. The van der Waals surface area contributed by atoms with Crippen molar-refractivity contribution in [2.75, 3.05) is 13.2 Å². The van der Waals surface area contributed by atoms with Crippen molar-refractivity contribution in [2.45, 2.75) is 32.4 Å². The van der Waals surface area contributed by atoms with E-state index in [1.807, 2.05) is 12.1 Å². The van der Waals surface area contributed by atoms with Gasteiger partial charge in [0.2, 0.25) is 0 Å². The molecular formula is C13H19ClN2O. The van der Waals surface area contributed by atoms with Gasteiger partial charge in [-0.2, -0.15) is 0 Å². The van der Waals surface area contributed by atoms with Crippen LogP contribution in [0.2, 0.25) is 5.15 Å². The van der Waals surface area contributed by atoms with Gasteiger partial charge < -0.3 is 5.11 Å². The van der Waals surface area contributed by atoms with Crippen LogP contribution in [0.15, 0.2) is 18.3 Å². The minimum Gasteiger partial charge on any atom is -0.395 e. The fourth-order valence-corrected chi connectivity index (χ4v) is 2.76. The van der Waals surface area contributed by atoms with Gasteiger partial charge in [0.25, 0.3) is 0 Å². The van der Waals surface area contributed by atoms with Crippen molar-refractivity contribution in [2.24, 2.45) is 5.92 Å². The highest BCUT2D eigenvalue weighted by Crippen LogP contribution is 2.25. The standard InChI is InChI=1S/C13H19ClN2O/c1-10-4-3-7-16(12(10)9-17)8-11-5-2-6-15-13(11)14/h2,5-6,10,12,17H,3-4,7-9H2,1H3. The number of nitrogens with zero attached hydrogens (tertiary/aromatic N) is 2. The quantitative estimate of drug-likeness (QED) is 0.841. The number of likely N-dealkylation sites (tertiary alicyclic amines) is 1. The Morgan fingerprint density at radius 1 is 1.59 bits per heavy atom. The summed E-state index contributed by atoms with van der Waals surface area (Å²) in [5, 5.41) is 10.1. The zero-order chi connectivity index (χ0) is 12.3. The molecular weight excluding hydrogens is 236 g/mol. The third-order valence-corrected chi connectivity index (χ3v) is 3.97. The highest BCUT2D eigenvalue weighted by atomic mass is 35.5. The normalized spacial score (nSPS) is 26.1. The van der Waals surface area contributed by atoms with E-state index in [1.165, 1.54) is 12.8 Å². The van der Waals surface area contributed by atoms with Gasteiger partial charge in [-0.15, -0.1) is 0 Å². The zero-order valence-electron chi connectivity index (χ0n) is 10.1. The second kappa shape index (κ2) is 5.80. The molecule has 1 saturated heterocycles. The number of piperidine rings is 1. The van der Waals surface area contributed by atoms with Crippen LogP contribution >= 0.6 is 11.6 Å². The summed E-state index contributed by atoms with van der Waals surface area (Å²) in [6, 6.07) is 4.16. The van der Waals surface area contributed by atoms with Gasteiger partial charge in [0.15, 0.2) is 0 Å². The number of aromatic nitrogens is 1. The maximum atomic E-state index is 9.49. The van der Waals surface area contributed by atoms with E-state index < -0.39 is 0 Å². The fraction of sp³-hybridized carbons (Fsp3) is 0.615. The van der Waals surface area contributed by atoms with Gasteiger partial charge in [-0.1, -0.05) is 24.6 Å². The molecule has 0 radical (unpaired) electrons. The molecule has 0 bridgehead atoms. The van der Waals surface area contributed by atoms with Crippen LogP contribution in [0.25, 0.3) is 0 Å². The average Bonchev–Trinajstić information content (AvgIpc) is 2.32. The summed E-state index contributed by atoms with van der Waals surface area (Å²) in [5.74, 6) is 0.546. The Labute approximate surface area is 107 Å². The van der Waals surface area contributed by atoms with Crippen molar-refractivity contribution >= 4 is 11.6 Å². The molecule has 0 aliphatic carbocycles. The lowest BCUT2D eigenvalue weighted by Crippen LogP contribution is -2.46. The summed E-state index contributed by atoms with van der Waals surface area (Å²) in [6.07, 6.45) is 4.09. The van der Waals surface area contributed by atoms with E-state index in [1.54, 1.807) is 6.20 Å². The Kier molecular flexibility index (Phi) is 4.37. The molecule has 2 heterocycles. The van der Waals surface area contributed by atoms with Gasteiger partial charge >= 0.3 is 0 Å². The molecule has 1 aliphatic rings. The molecule has 3 nitrogen and oxygen atoms in total. The summed E-state index contributed by atoms with van der Waals surface area (Å²) in [4.78, 5) is 6.41. The molecule has 2 atom stereocenters. The molecule has 1 aliphatic heterocycles. The van der Waals surface area contributed by atoms with Crippen molar-refractivity contribution in [3.05, 3.63) is 29.0 Å². The largest absolute Gasteiger partial charge is 0.395 e. The molecule has 4 heteroatoms. The summed E-state index contributed by atoms with van der Waals surface area (Å²) >= 11 is 6.07. The fourth-order valence-electron chi connectivity index (χ4n) is 2.58. The van der Waals surface area contributed by atoms with Crippen LogP contribution in [0.1, 0.15) is 25.3 Å². The molecule has 0 aromatic carbocycles. The molecule has 94 valence electrons. The Bertz CT molecular complexity index is 372. The molecule has 0 amide bonds. The van der Waals surface area contributed by atoms with Crippen LogP contribution in [0.3, 0.4) is 0 Å². The van der Waals surface area contributed by atoms with Crippen molar-refractivity contribution in [3.8, 4) is 0 Å². The lowest BCUT2D eigenvalue weighted by Gasteiger charge is -2.39. The number of pyridine rings is 1. The summed E-state index contributed by atoms with van der Waals surface area (Å²) in [6.45, 7) is 4.24. The SMILES string of the molecule is CC1CCCN(Cc2cccnc2Cl)C1CO. The molecule has 0 saturated carbocycles. The van der Waals surface area contributed by atoms with Crippen LogP contribution < -0.4 is 0 Å². The van der Waals surface area contributed by atoms with Crippen LogP contribution in [0.5, 0.6) is 0 Å². The monoisotopic (exact) mass is 254 g/mol. The van der Waals surface area contributed by atoms with Crippen LogP contribution in [0, 0.1) is 5.92 Å². The molecule has 2 unspecified atom stereocenters. The topological polar surface area (TPSA) is 36.4 Å². The first kappa shape index (κ1) is 12.8. The number of aliphatic hydroxyl groups is 1. The van der Waals surface area contributed by atoms with Gasteiger partial charge in [-0.25, -0.2) is 4.98 Å². The summed E-state index contributed by atoms with van der Waals surface area (Å²) in [7, 11) is 0. The lowest BCUT2D eigenvalue weighted by molar-refractivity contribution is 0.0472. The van der Waals surface area contributed by atoms with Crippen LogP contribution in [-0.4, -0.2) is 34.2 Å². The number of hydrogen-bond acceptors (Lipinski definition) is 3. The van der Waals surface area contributed by atoms with Gasteiger partial charge in [0.1, 0.15) is 5.15 Å². The van der Waals surface area contributed by atoms with Crippen molar-refractivity contribution < 1.29 is 5.11 Å². The first-order valence-corrected chi connectivity index (χ1v) is 6.54. The minimum atomic E-state index is 0.221. The number of hydrogen-bond donors (Lipinski definition) is 1. The van der Waals surface area contributed by atoms with E-state index in [0.29, 0.717) is 11.1 Å². The number of rotatable bonds is 3. The minimum absolute atomic E-state index is 0.221. The molecule has 17 heavy (non-hydrogen) atoms. The third-order valence-electron chi connectivity index (χ3n) is 3.63. The van der Waals surface area contributed by atoms with Crippen LogP contribution in [0.4, 0.5) is 0 Å². The van der Waals surface area contributed by atoms with Crippen molar-refractivity contribution in [1.82, 2.24) is 9.88 Å². The predicted octanol–water partition coefficient (Wildman–Crippen LogP) is 2.33. The summed E-state index contributed by atoms with van der Waals surface area (Å²) in [5.41, 5.74) is 1.04. The Morgan fingerprint density at radius 3 is 3.12 bits per heavy atom. The Hall–Kier alpha value is -0.640. The van der Waals surface area contributed by atoms with E-state index in [4.69, 9.17) is 11.6 Å². The molecule has 1 aromatic heterocycles. The van der Waals surface area contributed by atoms with Gasteiger partial charge in [0, 0.05) is 24.3 Å². The third kappa shape index (κ3) is 2.97. The smallest absolute Gasteiger partial charge is 0.133 e. The Morgan fingerprint density at radius 2 is 2.41 bits per heavy atom. The summed E-state index contributed by atoms with van der Waals surface area (Å²) < 4.78 is 0. The lowest BCUT2D eigenvalue weighted by atomic mass is 9.91. The molecule has 1 aromatic rings.